The zero-order valence-electron chi connectivity index (χ0n) is 20.2. The van der Waals surface area contributed by atoms with Crippen LogP contribution in [0.4, 0.5) is 28.7 Å². The number of hydrogen-bond acceptors (Lipinski definition) is 7. The van der Waals surface area contributed by atoms with E-state index in [2.05, 4.69) is 26.7 Å². The van der Waals surface area contributed by atoms with Gasteiger partial charge in [0, 0.05) is 21.4 Å². The van der Waals surface area contributed by atoms with Gasteiger partial charge in [0.2, 0.25) is 11.6 Å². The minimum atomic E-state index is -0.612. The highest BCUT2D eigenvalue weighted by atomic mass is 35.5. The molecule has 1 unspecified atom stereocenters. The van der Waals surface area contributed by atoms with Crippen LogP contribution in [-0.4, -0.2) is 14.9 Å². The first-order valence-electron chi connectivity index (χ1n) is 11.2. The maximum atomic E-state index is 12.0. The molecule has 0 spiro atoms. The highest BCUT2D eigenvalue weighted by molar-refractivity contribution is 6.32. The Hall–Kier alpha value is -4.19. The third kappa shape index (κ3) is 5.80. The van der Waals surface area contributed by atoms with Crippen LogP contribution >= 0.6 is 23.2 Å². The molecule has 186 valence electrons. The minimum Gasteiger partial charge on any atom is -0.334 e. The van der Waals surface area contributed by atoms with E-state index in [0.717, 1.165) is 22.3 Å². The molecule has 0 bridgehead atoms. The fraction of sp³-hybridized carbons (Fsp3) is 0.148. The minimum absolute atomic E-state index is 0.00771. The fourth-order valence-corrected chi connectivity index (χ4v) is 4.48. The Labute approximate surface area is 224 Å². The molecule has 0 saturated heterocycles. The van der Waals surface area contributed by atoms with Gasteiger partial charge in [0.05, 0.1) is 16.9 Å². The van der Waals surface area contributed by atoms with Crippen LogP contribution in [0.5, 0.6) is 0 Å². The summed E-state index contributed by atoms with van der Waals surface area (Å²) in [5.74, 6) is -0.548. The van der Waals surface area contributed by atoms with Gasteiger partial charge >= 0.3 is 5.69 Å². The van der Waals surface area contributed by atoms with Gasteiger partial charge in [0.25, 0.3) is 0 Å². The average Bonchev–Trinajstić information content (AvgIpc) is 2.83. The Kier molecular flexibility index (Phi) is 7.58. The number of aromatic nitrogens is 2. The molecule has 3 aromatic carbocycles. The number of nitriles is 1. The predicted octanol–water partition coefficient (Wildman–Crippen LogP) is 7.76. The van der Waals surface area contributed by atoms with Crippen molar-refractivity contribution >= 4 is 51.9 Å². The first-order valence-corrected chi connectivity index (χ1v) is 12.0. The van der Waals surface area contributed by atoms with E-state index in [-0.39, 0.29) is 17.3 Å². The van der Waals surface area contributed by atoms with Crippen LogP contribution in [0.25, 0.3) is 0 Å². The number of nitrogens with one attached hydrogen (secondary N) is 2. The van der Waals surface area contributed by atoms with Crippen molar-refractivity contribution in [2.45, 2.75) is 26.7 Å². The molecule has 0 aliphatic heterocycles. The number of rotatable bonds is 7. The average molecular weight is 533 g/mol. The van der Waals surface area contributed by atoms with E-state index < -0.39 is 10.8 Å². The summed E-state index contributed by atoms with van der Waals surface area (Å²) in [6.45, 7) is 5.71. The highest BCUT2D eigenvalue weighted by Gasteiger charge is 2.25. The van der Waals surface area contributed by atoms with Crippen LogP contribution in [0.2, 0.25) is 10.0 Å². The van der Waals surface area contributed by atoms with Crippen LogP contribution < -0.4 is 10.6 Å². The van der Waals surface area contributed by atoms with E-state index in [1.165, 1.54) is 6.33 Å². The summed E-state index contributed by atoms with van der Waals surface area (Å²) in [7, 11) is 0. The van der Waals surface area contributed by atoms with Crippen molar-refractivity contribution in [2.75, 3.05) is 10.6 Å². The van der Waals surface area contributed by atoms with Gasteiger partial charge in [0.15, 0.2) is 0 Å². The topological polar surface area (TPSA) is 117 Å². The summed E-state index contributed by atoms with van der Waals surface area (Å²) in [5, 5.41) is 28.9. The van der Waals surface area contributed by atoms with Crippen LogP contribution in [-0.2, 0) is 0 Å². The number of nitrogens with zero attached hydrogens (tertiary/aromatic N) is 4. The monoisotopic (exact) mass is 532 g/mol. The summed E-state index contributed by atoms with van der Waals surface area (Å²) < 4.78 is 0. The van der Waals surface area contributed by atoms with Crippen LogP contribution in [0.1, 0.15) is 33.7 Å². The summed E-state index contributed by atoms with van der Waals surface area (Å²) >= 11 is 12.6. The molecule has 10 heteroatoms. The second kappa shape index (κ2) is 10.8. The largest absolute Gasteiger partial charge is 0.353 e. The van der Waals surface area contributed by atoms with Crippen LogP contribution in [0.3, 0.4) is 0 Å². The molecule has 0 saturated carbocycles. The Morgan fingerprint density at radius 1 is 0.946 bits per heavy atom. The Balaban J connectivity index is 1.69. The molecule has 0 fully saturated rings. The molecular formula is C27H22Cl2N6O2. The van der Waals surface area contributed by atoms with Crippen molar-refractivity contribution in [1.82, 2.24) is 9.97 Å². The van der Waals surface area contributed by atoms with E-state index in [1.807, 2.05) is 39.0 Å². The van der Waals surface area contributed by atoms with Gasteiger partial charge in [0.1, 0.15) is 6.33 Å². The van der Waals surface area contributed by atoms with Crippen molar-refractivity contribution in [1.29, 1.82) is 5.26 Å². The number of aryl methyl sites for hydroxylation is 3. The van der Waals surface area contributed by atoms with Crippen molar-refractivity contribution in [3.8, 4) is 6.07 Å². The zero-order valence-corrected chi connectivity index (χ0v) is 21.7. The maximum Gasteiger partial charge on any atom is 0.353 e. The summed E-state index contributed by atoms with van der Waals surface area (Å²) in [5.41, 5.74) is 5.00. The molecule has 0 aliphatic carbocycles. The number of nitro groups is 1. The quantitative estimate of drug-likeness (QED) is 0.184. The normalized spacial score (nSPS) is 11.5. The third-order valence-electron chi connectivity index (χ3n) is 5.73. The van der Waals surface area contributed by atoms with Gasteiger partial charge < -0.3 is 10.6 Å². The second-order valence-corrected chi connectivity index (χ2v) is 9.45. The molecule has 4 rings (SSSR count). The molecule has 0 radical (unpaired) electrons. The van der Waals surface area contributed by atoms with Gasteiger partial charge in [-0.2, -0.15) is 5.26 Å². The molecule has 37 heavy (non-hydrogen) atoms. The first-order chi connectivity index (χ1) is 17.7. The van der Waals surface area contributed by atoms with E-state index in [9.17, 15) is 15.4 Å². The van der Waals surface area contributed by atoms with Gasteiger partial charge in [-0.25, -0.2) is 9.97 Å². The molecule has 8 nitrogen and oxygen atoms in total. The van der Waals surface area contributed by atoms with Crippen LogP contribution in [0.15, 0.2) is 60.9 Å². The predicted molar refractivity (Wildman–Crippen MR) is 146 cm³/mol. The van der Waals surface area contributed by atoms with Crippen molar-refractivity contribution in [2.24, 2.45) is 0 Å². The molecule has 4 aromatic rings. The van der Waals surface area contributed by atoms with Crippen molar-refractivity contribution < 1.29 is 4.92 Å². The van der Waals surface area contributed by atoms with Crippen molar-refractivity contribution in [3.63, 3.8) is 0 Å². The Bertz CT molecular complexity index is 1510. The van der Waals surface area contributed by atoms with Crippen LogP contribution in [0, 0.1) is 42.2 Å². The SMILES string of the molecule is Cc1cc(C)cc(Nc2ncnc(Nc3cc(Cl)c(C(C#N)c4ccc(Cl)cc4)cc3C)c2[N+](=O)[O-])c1. The van der Waals surface area contributed by atoms with Gasteiger partial charge in [-0.05, 0) is 78.9 Å². The Morgan fingerprint density at radius 3 is 2.16 bits per heavy atom. The second-order valence-electron chi connectivity index (χ2n) is 8.61. The van der Waals surface area contributed by atoms with E-state index in [1.54, 1.807) is 36.4 Å². The summed E-state index contributed by atoms with van der Waals surface area (Å²) in [6.07, 6.45) is 1.25. The van der Waals surface area contributed by atoms with Gasteiger partial charge in [-0.1, -0.05) is 47.5 Å². The molecule has 1 atom stereocenters. The lowest BCUT2D eigenvalue weighted by molar-refractivity contribution is -0.383. The van der Waals surface area contributed by atoms with Gasteiger partial charge in [-0.3, -0.25) is 10.1 Å². The van der Waals surface area contributed by atoms with E-state index in [0.29, 0.717) is 27.0 Å². The number of benzene rings is 3. The van der Waals surface area contributed by atoms with E-state index >= 15 is 0 Å². The molecule has 0 aliphatic rings. The number of anilines is 4. The third-order valence-corrected chi connectivity index (χ3v) is 6.31. The zero-order chi connectivity index (χ0) is 26.7. The lowest BCUT2D eigenvalue weighted by Gasteiger charge is -2.17. The lowest BCUT2D eigenvalue weighted by atomic mass is 9.91. The molecular weight excluding hydrogens is 511 g/mol. The maximum absolute atomic E-state index is 12.0. The number of hydrogen-bond donors (Lipinski definition) is 2. The number of halogens is 2. The summed E-state index contributed by atoms with van der Waals surface area (Å²) in [6, 6.07) is 18.5. The fourth-order valence-electron chi connectivity index (χ4n) is 4.08. The molecule has 1 aromatic heterocycles. The van der Waals surface area contributed by atoms with E-state index in [4.69, 9.17) is 23.2 Å². The van der Waals surface area contributed by atoms with Crippen molar-refractivity contribution in [3.05, 3.63) is 109 Å². The smallest absolute Gasteiger partial charge is 0.334 e. The first kappa shape index (κ1) is 25.9. The molecule has 1 heterocycles. The highest BCUT2D eigenvalue weighted by Crippen LogP contribution is 2.38. The molecule has 0 amide bonds. The standard InChI is InChI=1S/C27H22Cl2N6O2/c1-15-8-16(2)10-20(9-15)33-26-25(35(36)37)27(32-14-31-26)34-24-12-23(29)21(11-17(24)3)22(13-30)18-4-6-19(28)7-5-18/h4-12,14,22H,1-3H3,(H2,31,32,33,34). The summed E-state index contributed by atoms with van der Waals surface area (Å²) in [4.78, 5) is 19.7. The van der Waals surface area contributed by atoms with Gasteiger partial charge in [-0.15, -0.1) is 0 Å². The lowest BCUT2D eigenvalue weighted by Crippen LogP contribution is -2.07. The molecule has 2 N–H and O–H groups in total. The Morgan fingerprint density at radius 2 is 1.57 bits per heavy atom.